The second kappa shape index (κ2) is 18.5. The summed E-state index contributed by atoms with van der Waals surface area (Å²) in [4.78, 5) is 66.4. The summed E-state index contributed by atoms with van der Waals surface area (Å²) in [7, 11) is 3.20. The number of aryl methyl sites for hydroxylation is 1. The number of rotatable bonds is 9. The lowest BCUT2D eigenvalue weighted by Crippen LogP contribution is -2.47. The van der Waals surface area contributed by atoms with Crippen LogP contribution in [0.1, 0.15) is 50.5 Å². The maximum atomic E-state index is 15.8. The normalized spacial score (nSPS) is 17.8. The molecule has 4 aromatic rings. The zero-order valence-electron chi connectivity index (χ0n) is 33.0. The van der Waals surface area contributed by atoms with E-state index in [9.17, 15) is 32.3 Å². The summed E-state index contributed by atoms with van der Waals surface area (Å²) in [6, 6.07) is 9.35. The van der Waals surface area contributed by atoms with Gasteiger partial charge in [0.1, 0.15) is 23.4 Å². The van der Waals surface area contributed by atoms with Crippen molar-refractivity contribution in [1.29, 1.82) is 0 Å². The monoisotopic (exact) mass is 840 g/mol. The first-order valence-corrected chi connectivity index (χ1v) is 19.5. The molecule has 3 N–H and O–H groups in total. The van der Waals surface area contributed by atoms with Crippen molar-refractivity contribution >= 4 is 45.8 Å². The molecule has 320 valence electrons. The number of carboxylic acid groups (broad SMARTS) is 1. The Hall–Kier alpha value is -6.07. The molecule has 5 heterocycles. The average molecular weight is 841 g/mol. The van der Waals surface area contributed by atoms with E-state index in [4.69, 9.17) is 14.6 Å². The highest BCUT2D eigenvalue weighted by atomic mass is 19.4. The number of aliphatic carboxylic acids is 1. The van der Waals surface area contributed by atoms with Gasteiger partial charge in [-0.25, -0.2) is 13.6 Å². The summed E-state index contributed by atoms with van der Waals surface area (Å²) in [5.74, 6) is -3.21. The number of piperidine rings is 3. The van der Waals surface area contributed by atoms with Gasteiger partial charge < -0.3 is 29.5 Å². The summed E-state index contributed by atoms with van der Waals surface area (Å²) in [5.41, 5.74) is 2.65. The molecule has 0 radical (unpaired) electrons. The van der Waals surface area contributed by atoms with E-state index in [0.717, 1.165) is 25.7 Å². The maximum absolute atomic E-state index is 15.8. The molecule has 0 spiro atoms. The van der Waals surface area contributed by atoms with Gasteiger partial charge in [0.2, 0.25) is 17.7 Å². The van der Waals surface area contributed by atoms with Crippen molar-refractivity contribution in [3.8, 4) is 16.9 Å². The van der Waals surface area contributed by atoms with Crippen molar-refractivity contribution in [2.45, 2.75) is 63.6 Å². The number of methoxy groups -OCH3 is 1. The van der Waals surface area contributed by atoms with Gasteiger partial charge in [0, 0.05) is 81.5 Å². The molecule has 1 unspecified atom stereocenters. The second-order valence-corrected chi connectivity index (χ2v) is 15.3. The van der Waals surface area contributed by atoms with Gasteiger partial charge in [-0.3, -0.25) is 29.5 Å². The molecule has 3 saturated heterocycles. The number of fused-ring (bicyclic) bond motifs is 1. The number of likely N-dealkylation sites (tertiary alicyclic amines) is 1. The molecule has 7 rings (SSSR count). The topological polar surface area (TPSA) is 163 Å². The van der Waals surface area contributed by atoms with E-state index < -0.39 is 24.1 Å². The maximum Gasteiger partial charge on any atom is 0.490 e. The lowest BCUT2D eigenvalue weighted by atomic mass is 9.87. The van der Waals surface area contributed by atoms with Crippen molar-refractivity contribution < 1.29 is 51.0 Å². The van der Waals surface area contributed by atoms with E-state index in [2.05, 4.69) is 15.6 Å². The second-order valence-electron chi connectivity index (χ2n) is 15.3. The summed E-state index contributed by atoms with van der Waals surface area (Å²) in [6.45, 7) is 2.51. The molecule has 2 aromatic carbocycles. The van der Waals surface area contributed by atoms with Gasteiger partial charge in [0.05, 0.1) is 18.2 Å². The number of ether oxygens (including phenoxy) is 1. The smallest absolute Gasteiger partial charge is 0.490 e. The third-order valence-corrected chi connectivity index (χ3v) is 11.3. The number of amides is 3. The van der Waals surface area contributed by atoms with Gasteiger partial charge in [0.25, 0.3) is 5.56 Å². The Labute approximate surface area is 341 Å². The van der Waals surface area contributed by atoms with Crippen LogP contribution in [0, 0.1) is 23.5 Å². The lowest BCUT2D eigenvalue weighted by Gasteiger charge is -2.36. The molecule has 3 amide bonds. The van der Waals surface area contributed by atoms with E-state index in [-0.39, 0.29) is 47.3 Å². The largest absolute Gasteiger partial charge is 0.496 e. The first-order valence-electron chi connectivity index (χ1n) is 19.5. The van der Waals surface area contributed by atoms with Crippen LogP contribution < -0.4 is 25.8 Å². The molecule has 3 aliphatic rings. The molecular formula is C42H45F5N6O7. The van der Waals surface area contributed by atoms with E-state index in [0.29, 0.717) is 90.0 Å². The number of carbonyl (C=O) groups is 4. The average Bonchev–Trinajstić information content (AvgIpc) is 3.21. The molecular weight excluding hydrogens is 795 g/mol. The van der Waals surface area contributed by atoms with Crippen molar-refractivity contribution in [1.82, 2.24) is 19.8 Å². The Kier molecular flexibility index (Phi) is 13.4. The van der Waals surface area contributed by atoms with Crippen molar-refractivity contribution in [2.24, 2.45) is 18.9 Å². The van der Waals surface area contributed by atoms with Gasteiger partial charge in [-0.1, -0.05) is 0 Å². The zero-order valence-corrected chi connectivity index (χ0v) is 33.0. The number of benzene rings is 2. The Bertz CT molecular complexity index is 2320. The Balaban J connectivity index is 0.000000793. The minimum Gasteiger partial charge on any atom is -0.496 e. The molecule has 1 atom stereocenters. The highest BCUT2D eigenvalue weighted by Gasteiger charge is 2.38. The molecule has 13 nitrogen and oxygen atoms in total. The zero-order chi connectivity index (χ0) is 43.3. The standard InChI is InChI=1S/C40H44F2N6O5.C2HF3O2/c1-46-23-31(28-7-12-43-22-30(28)40(46)52)26-19-32(41)29(36(20-26)53-2)17-24-10-15-48(16-11-24)38(50)18-25-8-13-47(14-9-25)35-5-3-27(21-33(35)42)44-34-4-6-37(49)45-39(34)51;3-2(4,5)1(6)7/h3,5,7,12,19-25,34,44H,4,6,8-11,13-18H2,1-2H3,(H,45,49,51);(H,6,7). The number of alkyl halides is 3. The number of nitrogens with zero attached hydrogens (tertiary/aromatic N) is 4. The molecule has 3 aliphatic heterocycles. The summed E-state index contributed by atoms with van der Waals surface area (Å²) >= 11 is 0. The van der Waals surface area contributed by atoms with Crippen LogP contribution in [-0.4, -0.2) is 88.8 Å². The van der Waals surface area contributed by atoms with E-state index in [1.54, 1.807) is 37.6 Å². The van der Waals surface area contributed by atoms with Gasteiger partial charge in [-0.2, -0.15) is 13.2 Å². The fourth-order valence-corrected chi connectivity index (χ4v) is 8.00. The van der Waals surface area contributed by atoms with Crippen LogP contribution in [0.2, 0.25) is 0 Å². The Morgan fingerprint density at radius 2 is 1.62 bits per heavy atom. The fraction of sp³-hybridized carbons (Fsp3) is 0.429. The van der Waals surface area contributed by atoms with Gasteiger partial charge in [-0.15, -0.1) is 0 Å². The molecule has 2 aromatic heterocycles. The fourth-order valence-electron chi connectivity index (χ4n) is 8.00. The highest BCUT2D eigenvalue weighted by molar-refractivity contribution is 6.01. The number of halogens is 5. The number of carboxylic acids is 1. The van der Waals surface area contributed by atoms with Crippen LogP contribution in [0.15, 0.2) is 59.8 Å². The minimum absolute atomic E-state index is 0.129. The summed E-state index contributed by atoms with van der Waals surface area (Å²) in [6.07, 6.45) is 4.41. The number of pyridine rings is 2. The predicted octanol–water partition coefficient (Wildman–Crippen LogP) is 5.83. The number of carbonyl (C=O) groups excluding carboxylic acids is 3. The molecule has 3 fully saturated rings. The third-order valence-electron chi connectivity index (χ3n) is 11.3. The minimum atomic E-state index is -5.08. The Morgan fingerprint density at radius 1 is 0.933 bits per heavy atom. The Morgan fingerprint density at radius 3 is 2.25 bits per heavy atom. The van der Waals surface area contributed by atoms with Crippen LogP contribution in [0.4, 0.5) is 33.3 Å². The van der Waals surface area contributed by atoms with Crippen LogP contribution in [0.25, 0.3) is 21.9 Å². The van der Waals surface area contributed by atoms with Crippen molar-refractivity contribution in [2.75, 3.05) is 43.5 Å². The molecule has 0 aliphatic carbocycles. The summed E-state index contributed by atoms with van der Waals surface area (Å²) in [5, 5.41) is 13.6. The quantitative estimate of drug-likeness (QED) is 0.138. The number of imide groups is 1. The lowest BCUT2D eigenvalue weighted by molar-refractivity contribution is -0.192. The number of aromatic nitrogens is 2. The first kappa shape index (κ1) is 43.5. The van der Waals surface area contributed by atoms with Crippen LogP contribution >= 0.6 is 0 Å². The van der Waals surface area contributed by atoms with E-state index in [1.165, 1.54) is 30.0 Å². The highest BCUT2D eigenvalue weighted by Crippen LogP contribution is 2.36. The summed E-state index contributed by atoms with van der Waals surface area (Å²) < 4.78 is 69.9. The molecule has 18 heteroatoms. The van der Waals surface area contributed by atoms with E-state index >= 15 is 8.78 Å². The van der Waals surface area contributed by atoms with Crippen LogP contribution in [0.5, 0.6) is 5.75 Å². The first-order chi connectivity index (χ1) is 28.5. The van der Waals surface area contributed by atoms with E-state index in [1.807, 2.05) is 15.9 Å². The van der Waals surface area contributed by atoms with Gasteiger partial charge in [-0.05, 0) is 97.7 Å². The number of nitrogens with one attached hydrogen (secondary N) is 2. The van der Waals surface area contributed by atoms with Crippen molar-refractivity contribution in [3.63, 3.8) is 0 Å². The van der Waals surface area contributed by atoms with Gasteiger partial charge >= 0.3 is 12.1 Å². The molecule has 0 bridgehead atoms. The number of anilines is 2. The van der Waals surface area contributed by atoms with Crippen molar-refractivity contribution in [3.05, 3.63) is 82.5 Å². The third kappa shape index (κ3) is 10.2. The van der Waals surface area contributed by atoms with Crippen LogP contribution in [0.3, 0.4) is 0 Å². The number of hydrogen-bond acceptors (Lipinski definition) is 9. The van der Waals surface area contributed by atoms with Gasteiger partial charge in [0.15, 0.2) is 0 Å². The SMILES string of the molecule is COc1cc(-c2cn(C)c(=O)c3cnccc23)cc(F)c1CC1CCN(C(=O)CC2CCN(c3ccc(NC4CCC(=O)NC4=O)cc3F)CC2)CC1.O=C(O)C(F)(F)F. The number of hydrogen-bond donors (Lipinski definition) is 3. The van der Waals surface area contributed by atoms with Crippen LogP contribution in [-0.2, 0) is 32.6 Å². The molecule has 0 saturated carbocycles. The molecule has 60 heavy (non-hydrogen) atoms. The predicted molar refractivity (Wildman–Crippen MR) is 211 cm³/mol.